The van der Waals surface area contributed by atoms with E-state index in [1.807, 2.05) is 27.7 Å². The minimum absolute atomic E-state index is 0.0451. The molecular weight excluding hydrogens is 764 g/mol. The summed E-state index contributed by atoms with van der Waals surface area (Å²) < 4.78 is 46.8. The number of thiazole rings is 1. The molecule has 5 aromatic rings. The van der Waals surface area contributed by atoms with Gasteiger partial charge in [0.2, 0.25) is 11.8 Å². The van der Waals surface area contributed by atoms with Crippen LogP contribution in [0.3, 0.4) is 0 Å². The molecule has 6 rings (SSSR count). The van der Waals surface area contributed by atoms with Gasteiger partial charge in [0.1, 0.15) is 26.7 Å². The van der Waals surface area contributed by atoms with Crippen molar-refractivity contribution in [2.24, 2.45) is 0 Å². The van der Waals surface area contributed by atoms with Crippen LogP contribution in [0.25, 0.3) is 21.3 Å². The van der Waals surface area contributed by atoms with Crippen molar-refractivity contribution in [1.82, 2.24) is 19.9 Å². The number of piperidine rings is 1. The first-order valence-corrected chi connectivity index (χ1v) is 20.3. The summed E-state index contributed by atoms with van der Waals surface area (Å²) >= 11 is 7.75. The third-order valence-corrected chi connectivity index (χ3v) is 11.4. The van der Waals surface area contributed by atoms with Gasteiger partial charge in [-0.15, -0.1) is 11.3 Å². The van der Waals surface area contributed by atoms with Crippen molar-refractivity contribution in [2.45, 2.75) is 83.4 Å². The molecule has 0 radical (unpaired) electrons. The third kappa shape index (κ3) is 9.28. The minimum Gasteiger partial charge on any atom is -0.444 e. The Morgan fingerprint density at radius 1 is 0.927 bits per heavy atom. The molecular formula is C39H43ClN6O7S2. The standard InChI is InChI=1S/C39H43ClN6O7S2/c1-24-42-34(33(54-24)29-20-21-41-35(44-29)43-25-13-12-22-45(23-25)36(47)52-38(2,3)4)51-31-19-18-30(26-14-8-9-15-27(26)31)46(37(48)53-39(5,6)7)55(49,50)32-17-11-10-16-28(32)40/h8-11,14-21,25H,12-13,22-23H2,1-7H3,(H,41,43,44)/t25-/m0/s1. The summed E-state index contributed by atoms with van der Waals surface area (Å²) in [5.74, 6) is 1.04. The van der Waals surface area contributed by atoms with E-state index in [9.17, 15) is 18.0 Å². The van der Waals surface area contributed by atoms with Crippen LogP contribution in [0.2, 0.25) is 5.02 Å². The van der Waals surface area contributed by atoms with E-state index in [0.29, 0.717) is 50.4 Å². The molecule has 3 aromatic carbocycles. The van der Waals surface area contributed by atoms with Crippen molar-refractivity contribution in [1.29, 1.82) is 0 Å². The van der Waals surface area contributed by atoms with Crippen molar-refractivity contribution in [3.05, 3.63) is 83.0 Å². The maximum atomic E-state index is 14.2. The maximum absolute atomic E-state index is 14.2. The highest BCUT2D eigenvalue weighted by molar-refractivity contribution is 7.93. The number of halogens is 1. The molecule has 2 aromatic heterocycles. The first-order chi connectivity index (χ1) is 25.9. The average Bonchev–Trinajstić information content (AvgIpc) is 3.47. The quantitative estimate of drug-likeness (QED) is 0.160. The molecule has 1 aliphatic rings. The number of likely N-dealkylation sites (tertiary alicyclic amines) is 1. The van der Waals surface area contributed by atoms with E-state index in [4.69, 9.17) is 30.8 Å². The number of aromatic nitrogens is 3. The van der Waals surface area contributed by atoms with Crippen LogP contribution in [0.5, 0.6) is 11.6 Å². The van der Waals surface area contributed by atoms with E-state index in [1.165, 1.54) is 35.6 Å². The van der Waals surface area contributed by atoms with Crippen LogP contribution in [0.1, 0.15) is 59.4 Å². The summed E-state index contributed by atoms with van der Waals surface area (Å²) in [6.45, 7) is 13.4. The number of fused-ring (bicyclic) bond motifs is 1. The van der Waals surface area contributed by atoms with E-state index in [-0.39, 0.29) is 33.6 Å². The van der Waals surface area contributed by atoms with Crippen LogP contribution in [-0.2, 0) is 19.5 Å². The monoisotopic (exact) mass is 806 g/mol. The Balaban J connectivity index is 1.32. The number of hydrogen-bond acceptors (Lipinski definition) is 12. The summed E-state index contributed by atoms with van der Waals surface area (Å²) in [7, 11) is -4.56. The maximum Gasteiger partial charge on any atom is 0.429 e. The smallest absolute Gasteiger partial charge is 0.429 e. The molecule has 0 spiro atoms. The van der Waals surface area contributed by atoms with E-state index >= 15 is 0 Å². The number of carbonyl (C=O) groups is 2. The van der Waals surface area contributed by atoms with Gasteiger partial charge in [-0.25, -0.2) is 33.0 Å². The van der Waals surface area contributed by atoms with Crippen LogP contribution in [-0.4, -0.2) is 70.8 Å². The Bertz CT molecular complexity index is 2340. The molecule has 13 nitrogen and oxygen atoms in total. The second-order valence-corrected chi connectivity index (χ2v) is 18.3. The van der Waals surface area contributed by atoms with E-state index in [0.717, 1.165) is 17.8 Å². The fourth-order valence-electron chi connectivity index (χ4n) is 5.97. The van der Waals surface area contributed by atoms with Crippen molar-refractivity contribution in [2.75, 3.05) is 22.7 Å². The summed E-state index contributed by atoms with van der Waals surface area (Å²) in [6, 6.07) is 17.6. The van der Waals surface area contributed by atoms with Crippen LogP contribution in [0.15, 0.2) is 77.8 Å². The zero-order chi connectivity index (χ0) is 39.7. The van der Waals surface area contributed by atoms with Crippen LogP contribution in [0.4, 0.5) is 21.2 Å². The van der Waals surface area contributed by atoms with Crippen molar-refractivity contribution in [3.8, 4) is 22.2 Å². The third-order valence-electron chi connectivity index (χ3n) is 8.20. The van der Waals surface area contributed by atoms with Crippen molar-refractivity contribution in [3.63, 3.8) is 0 Å². The lowest BCUT2D eigenvalue weighted by Gasteiger charge is -2.34. The molecule has 0 aliphatic carbocycles. The molecule has 290 valence electrons. The van der Waals surface area contributed by atoms with Crippen LogP contribution < -0.4 is 14.4 Å². The zero-order valence-electron chi connectivity index (χ0n) is 31.6. The van der Waals surface area contributed by atoms with Gasteiger partial charge < -0.3 is 24.4 Å². The topological polar surface area (TPSA) is 153 Å². The molecule has 1 aliphatic heterocycles. The number of aryl methyl sites for hydroxylation is 1. The molecule has 0 bridgehead atoms. The lowest BCUT2D eigenvalue weighted by atomic mass is 10.1. The molecule has 3 heterocycles. The molecule has 55 heavy (non-hydrogen) atoms. The number of ether oxygens (including phenoxy) is 3. The molecule has 1 atom stereocenters. The van der Waals surface area contributed by atoms with E-state index in [1.54, 1.807) is 74.3 Å². The summed E-state index contributed by atoms with van der Waals surface area (Å²) in [5.41, 5.74) is -0.975. The number of nitrogens with one attached hydrogen (secondary N) is 1. The van der Waals surface area contributed by atoms with Crippen molar-refractivity contribution < 1.29 is 32.2 Å². The normalized spacial score (nSPS) is 15.1. The largest absolute Gasteiger partial charge is 0.444 e. The average molecular weight is 807 g/mol. The number of sulfonamides is 1. The predicted molar refractivity (Wildman–Crippen MR) is 214 cm³/mol. The number of amides is 2. The number of carbonyl (C=O) groups excluding carboxylic acids is 2. The number of anilines is 2. The molecule has 1 N–H and O–H groups in total. The Hall–Kier alpha value is -4.99. The molecule has 1 saturated heterocycles. The first kappa shape index (κ1) is 39.7. The number of benzene rings is 3. The van der Waals surface area contributed by atoms with Gasteiger partial charge in [-0.1, -0.05) is 48.0 Å². The Kier molecular flexibility index (Phi) is 11.3. The highest BCUT2D eigenvalue weighted by Gasteiger charge is 2.37. The van der Waals surface area contributed by atoms with E-state index < -0.39 is 27.3 Å². The van der Waals surface area contributed by atoms with Crippen LogP contribution in [0, 0.1) is 6.92 Å². The Morgan fingerprint density at radius 3 is 2.33 bits per heavy atom. The zero-order valence-corrected chi connectivity index (χ0v) is 34.0. The summed E-state index contributed by atoms with van der Waals surface area (Å²) in [4.78, 5) is 42.5. The lowest BCUT2D eigenvalue weighted by Crippen LogP contribution is -2.47. The minimum atomic E-state index is -4.56. The second-order valence-electron chi connectivity index (χ2n) is 15.0. The van der Waals surface area contributed by atoms with Crippen LogP contribution >= 0.6 is 22.9 Å². The summed E-state index contributed by atoms with van der Waals surface area (Å²) in [5, 5.41) is 4.97. The predicted octanol–water partition coefficient (Wildman–Crippen LogP) is 9.45. The van der Waals surface area contributed by atoms with Gasteiger partial charge in [0.15, 0.2) is 0 Å². The lowest BCUT2D eigenvalue weighted by molar-refractivity contribution is 0.0205. The summed E-state index contributed by atoms with van der Waals surface area (Å²) in [6.07, 6.45) is 1.83. The number of hydrogen-bond donors (Lipinski definition) is 1. The number of rotatable bonds is 8. The SMILES string of the molecule is Cc1nc(Oc2ccc(N(C(=O)OC(C)(C)C)S(=O)(=O)c3ccccc3Cl)c3ccccc23)c(-c2ccnc(N[C@H]3CCCN(C(=O)OC(C)(C)C)C3)n2)s1. The van der Waals surface area contributed by atoms with Gasteiger partial charge in [-0.05, 0) is 91.6 Å². The first-order valence-electron chi connectivity index (χ1n) is 17.7. The van der Waals surface area contributed by atoms with Gasteiger partial charge >= 0.3 is 12.2 Å². The highest BCUT2D eigenvalue weighted by atomic mass is 35.5. The van der Waals surface area contributed by atoms with Gasteiger partial charge in [0.25, 0.3) is 10.0 Å². The van der Waals surface area contributed by atoms with Gasteiger partial charge in [-0.3, -0.25) is 0 Å². The molecule has 0 saturated carbocycles. The highest BCUT2D eigenvalue weighted by Crippen LogP contribution is 2.42. The van der Waals surface area contributed by atoms with E-state index in [2.05, 4.69) is 15.3 Å². The van der Waals surface area contributed by atoms with Gasteiger partial charge in [0.05, 0.1) is 21.4 Å². The number of nitrogens with zero attached hydrogens (tertiary/aromatic N) is 5. The Morgan fingerprint density at radius 2 is 1.62 bits per heavy atom. The molecule has 0 unspecified atom stereocenters. The molecule has 1 fully saturated rings. The Labute approximate surface area is 329 Å². The fraction of sp³-hybridized carbons (Fsp3) is 0.359. The molecule has 16 heteroatoms. The van der Waals surface area contributed by atoms with Gasteiger partial charge in [-0.2, -0.15) is 4.31 Å². The van der Waals surface area contributed by atoms with Crippen molar-refractivity contribution >= 4 is 67.6 Å². The fourth-order valence-corrected chi connectivity index (χ4v) is 8.63. The second kappa shape index (κ2) is 15.6. The van der Waals surface area contributed by atoms with Gasteiger partial charge in [0, 0.05) is 36.1 Å². The molecule has 2 amide bonds.